The standard InChI is InChI=1S/C16H14F3N3O4S2/c17-12-6-7-13(16(19)15(12)18)28(25,26)21-10-3-1-4-11(9-10)27(23,24)22-14-5-2-8-20-14/h1,3-4,6-7,9,21H,2,5,8H2,(H,20,22). The highest BCUT2D eigenvalue weighted by atomic mass is 32.2. The van der Waals surface area contributed by atoms with Gasteiger partial charge in [-0.3, -0.25) is 14.4 Å². The van der Waals surface area contributed by atoms with Gasteiger partial charge < -0.3 is 0 Å². The van der Waals surface area contributed by atoms with Crippen molar-refractivity contribution in [1.29, 1.82) is 0 Å². The van der Waals surface area contributed by atoms with Gasteiger partial charge in [0.05, 0.1) is 10.6 Å². The Balaban J connectivity index is 1.89. The van der Waals surface area contributed by atoms with E-state index in [1.54, 1.807) is 0 Å². The SMILES string of the molecule is O=S(=O)(NC1=NCCC1)c1cccc(NS(=O)(=O)c2ccc(F)c(F)c2F)c1. The number of aliphatic imine (C=N–C) groups is 1. The number of rotatable bonds is 5. The molecule has 0 radical (unpaired) electrons. The highest BCUT2D eigenvalue weighted by Gasteiger charge is 2.25. The van der Waals surface area contributed by atoms with Crippen molar-refractivity contribution in [1.82, 2.24) is 4.72 Å². The van der Waals surface area contributed by atoms with E-state index in [1.807, 2.05) is 4.72 Å². The molecule has 0 fully saturated rings. The van der Waals surface area contributed by atoms with Crippen LogP contribution in [0.5, 0.6) is 0 Å². The van der Waals surface area contributed by atoms with Gasteiger partial charge in [-0.05, 0) is 36.8 Å². The lowest BCUT2D eigenvalue weighted by Gasteiger charge is -2.12. The van der Waals surface area contributed by atoms with Crippen LogP contribution < -0.4 is 9.44 Å². The number of benzene rings is 2. The van der Waals surface area contributed by atoms with Crippen LogP contribution in [0, 0.1) is 17.5 Å². The van der Waals surface area contributed by atoms with Crippen LogP contribution in [0.2, 0.25) is 0 Å². The van der Waals surface area contributed by atoms with Crippen LogP contribution in [0.3, 0.4) is 0 Å². The average Bonchev–Trinajstić information content (AvgIpc) is 3.11. The monoisotopic (exact) mass is 433 g/mol. The largest absolute Gasteiger partial charge is 0.279 e. The van der Waals surface area contributed by atoms with Gasteiger partial charge in [0.25, 0.3) is 20.0 Å². The lowest BCUT2D eigenvalue weighted by molar-refractivity contribution is 0.432. The maximum absolute atomic E-state index is 13.8. The predicted octanol–water partition coefficient (Wildman–Crippen LogP) is 2.38. The van der Waals surface area contributed by atoms with Crippen molar-refractivity contribution in [2.75, 3.05) is 11.3 Å². The van der Waals surface area contributed by atoms with Crippen molar-refractivity contribution in [3.63, 3.8) is 0 Å². The second kappa shape index (κ2) is 7.43. The molecule has 0 spiro atoms. The first-order valence-corrected chi connectivity index (χ1v) is 10.9. The van der Waals surface area contributed by atoms with Gasteiger partial charge >= 0.3 is 0 Å². The molecule has 12 heteroatoms. The van der Waals surface area contributed by atoms with E-state index in [0.29, 0.717) is 30.9 Å². The normalized spacial score (nSPS) is 14.6. The van der Waals surface area contributed by atoms with Gasteiger partial charge in [-0.1, -0.05) is 6.07 Å². The molecule has 0 aromatic heterocycles. The minimum atomic E-state index is -4.64. The number of halogens is 3. The maximum Gasteiger partial charge on any atom is 0.264 e. The smallest absolute Gasteiger partial charge is 0.264 e. The van der Waals surface area contributed by atoms with Crippen LogP contribution in [0.15, 0.2) is 51.2 Å². The molecule has 28 heavy (non-hydrogen) atoms. The molecule has 0 saturated carbocycles. The average molecular weight is 433 g/mol. The van der Waals surface area contributed by atoms with Crippen LogP contribution in [0.25, 0.3) is 0 Å². The van der Waals surface area contributed by atoms with Gasteiger partial charge in [-0.2, -0.15) is 0 Å². The molecule has 2 N–H and O–H groups in total. The number of nitrogens with zero attached hydrogens (tertiary/aromatic N) is 1. The zero-order valence-corrected chi connectivity index (χ0v) is 15.7. The van der Waals surface area contributed by atoms with Gasteiger partial charge in [0.15, 0.2) is 17.5 Å². The molecule has 3 rings (SSSR count). The molecule has 1 heterocycles. The molecule has 7 nitrogen and oxygen atoms in total. The molecule has 0 unspecified atom stereocenters. The number of amidine groups is 1. The van der Waals surface area contributed by atoms with Crippen molar-refractivity contribution < 1.29 is 30.0 Å². The molecule has 2 aromatic carbocycles. The van der Waals surface area contributed by atoms with Crippen molar-refractivity contribution >= 4 is 31.6 Å². The van der Waals surface area contributed by atoms with E-state index < -0.39 is 42.4 Å². The fraction of sp³-hybridized carbons (Fsp3) is 0.188. The molecule has 2 aromatic rings. The van der Waals surface area contributed by atoms with E-state index in [0.717, 1.165) is 12.5 Å². The van der Waals surface area contributed by atoms with Gasteiger partial charge in [0.2, 0.25) is 0 Å². The fourth-order valence-electron chi connectivity index (χ4n) is 2.49. The van der Waals surface area contributed by atoms with Gasteiger partial charge in [-0.15, -0.1) is 0 Å². The summed E-state index contributed by atoms with van der Waals surface area (Å²) in [6.45, 7) is 0.511. The quantitative estimate of drug-likeness (QED) is 0.707. The number of nitrogens with one attached hydrogen (secondary N) is 2. The summed E-state index contributed by atoms with van der Waals surface area (Å²) < 4.78 is 93.8. The molecule has 150 valence electrons. The minimum Gasteiger partial charge on any atom is -0.279 e. The third-order valence-corrected chi connectivity index (χ3v) is 6.59. The van der Waals surface area contributed by atoms with Crippen molar-refractivity contribution in [3.05, 3.63) is 53.8 Å². The summed E-state index contributed by atoms with van der Waals surface area (Å²) in [5, 5.41) is 0. The molecule has 0 saturated heterocycles. The third-order valence-electron chi connectivity index (χ3n) is 3.81. The van der Waals surface area contributed by atoms with Crippen molar-refractivity contribution in [3.8, 4) is 0 Å². The van der Waals surface area contributed by atoms with E-state index in [2.05, 4.69) is 9.71 Å². The molecule has 0 aliphatic carbocycles. The fourth-order valence-corrected chi connectivity index (χ4v) is 4.74. The van der Waals surface area contributed by atoms with Gasteiger partial charge in [0, 0.05) is 13.0 Å². The Morgan fingerprint density at radius 3 is 2.32 bits per heavy atom. The Bertz CT molecular complexity index is 1170. The summed E-state index contributed by atoms with van der Waals surface area (Å²) in [5.74, 6) is -5.04. The second-order valence-corrected chi connectivity index (χ2v) is 9.18. The van der Waals surface area contributed by atoms with Crippen LogP contribution in [-0.4, -0.2) is 29.2 Å². The van der Waals surface area contributed by atoms with Gasteiger partial charge in [0.1, 0.15) is 10.7 Å². The Hall–Kier alpha value is -2.60. The van der Waals surface area contributed by atoms with E-state index in [4.69, 9.17) is 0 Å². The van der Waals surface area contributed by atoms with Crippen molar-refractivity contribution in [2.24, 2.45) is 4.99 Å². The van der Waals surface area contributed by atoms with E-state index in [-0.39, 0.29) is 10.6 Å². The first-order chi connectivity index (χ1) is 13.1. The Kier molecular flexibility index (Phi) is 5.35. The lowest BCUT2D eigenvalue weighted by atomic mass is 10.3. The molecule has 1 aliphatic heterocycles. The molecule has 0 amide bonds. The Morgan fingerprint density at radius 2 is 1.64 bits per heavy atom. The molecular weight excluding hydrogens is 419 g/mol. The summed E-state index contributed by atoms with van der Waals surface area (Å²) in [5.41, 5.74) is -0.208. The predicted molar refractivity (Wildman–Crippen MR) is 95.4 cm³/mol. The third kappa shape index (κ3) is 4.12. The number of hydrogen-bond donors (Lipinski definition) is 2. The number of sulfonamides is 2. The van der Waals surface area contributed by atoms with Crippen LogP contribution in [0.4, 0.5) is 18.9 Å². The first-order valence-electron chi connectivity index (χ1n) is 7.93. The first kappa shape index (κ1) is 20.1. The molecule has 1 aliphatic rings. The topological polar surface area (TPSA) is 105 Å². The lowest BCUT2D eigenvalue weighted by Crippen LogP contribution is -2.29. The second-order valence-electron chi connectivity index (χ2n) is 5.84. The van der Waals surface area contributed by atoms with E-state index in [1.165, 1.54) is 18.2 Å². The zero-order chi connectivity index (χ0) is 20.5. The van der Waals surface area contributed by atoms with E-state index in [9.17, 15) is 30.0 Å². The highest BCUT2D eigenvalue weighted by Crippen LogP contribution is 2.24. The maximum atomic E-state index is 13.8. The number of hydrogen-bond acceptors (Lipinski definition) is 5. The molecule has 0 bridgehead atoms. The summed E-state index contributed by atoms with van der Waals surface area (Å²) in [7, 11) is -8.64. The van der Waals surface area contributed by atoms with Crippen molar-refractivity contribution in [2.45, 2.75) is 22.6 Å². The summed E-state index contributed by atoms with van der Waals surface area (Å²) in [6.07, 6.45) is 1.19. The van der Waals surface area contributed by atoms with Crippen LogP contribution in [-0.2, 0) is 20.0 Å². The molecule has 0 atom stereocenters. The summed E-state index contributed by atoms with van der Waals surface area (Å²) in [4.78, 5) is 2.63. The van der Waals surface area contributed by atoms with E-state index >= 15 is 0 Å². The number of anilines is 1. The van der Waals surface area contributed by atoms with Crippen LogP contribution in [0.1, 0.15) is 12.8 Å². The Labute approximate surface area is 159 Å². The van der Waals surface area contributed by atoms with Crippen LogP contribution >= 0.6 is 0 Å². The van der Waals surface area contributed by atoms with Gasteiger partial charge in [-0.25, -0.2) is 30.0 Å². The molecular formula is C16H14F3N3O4S2. The highest BCUT2D eigenvalue weighted by molar-refractivity contribution is 7.92. The minimum absolute atomic E-state index is 0.208. The zero-order valence-electron chi connectivity index (χ0n) is 14.1. The summed E-state index contributed by atoms with van der Waals surface area (Å²) in [6, 6.07) is 5.77. The Morgan fingerprint density at radius 1 is 0.893 bits per heavy atom. The summed E-state index contributed by atoms with van der Waals surface area (Å²) >= 11 is 0.